The second kappa shape index (κ2) is 8.44. The number of hydrogen-bond acceptors (Lipinski definition) is 3. The van der Waals surface area contributed by atoms with Crippen molar-refractivity contribution in [3.63, 3.8) is 0 Å². The van der Waals surface area contributed by atoms with Crippen molar-refractivity contribution in [3.8, 4) is 5.75 Å². The first-order chi connectivity index (χ1) is 14.2. The number of benzene rings is 3. The Kier molecular flexibility index (Phi) is 5.38. The molecule has 2 amide bonds. The minimum Gasteiger partial charge on any atom is -0.508 e. The fourth-order valence-electron chi connectivity index (χ4n) is 3.41. The van der Waals surface area contributed by atoms with Crippen LogP contribution in [0.4, 0.5) is 4.79 Å². The number of carbonyl (C=O) groups is 1. The second-order valence-electron chi connectivity index (χ2n) is 6.71. The van der Waals surface area contributed by atoms with Crippen LogP contribution in [0.15, 0.2) is 91.1 Å². The molecule has 29 heavy (non-hydrogen) atoms. The molecule has 4 aromatic rings. The number of carbonyl (C=O) groups excluding carboxylic acids is 1. The maximum atomic E-state index is 12.7. The highest BCUT2D eigenvalue weighted by molar-refractivity contribution is 5.89. The summed E-state index contributed by atoms with van der Waals surface area (Å²) < 4.78 is 0. The average Bonchev–Trinajstić information content (AvgIpc) is 2.78. The number of rotatable bonds is 5. The van der Waals surface area contributed by atoms with E-state index in [1.54, 1.807) is 12.3 Å². The Morgan fingerprint density at radius 2 is 1.66 bits per heavy atom. The molecule has 1 atom stereocenters. The standard InChI is InChI=1S/C24H21N3O2/c28-21-14-13-17-8-4-5-12-20(17)22(21)23(18-9-2-1-3-10-18)27-24(29)26-16-19-11-6-7-15-25-19/h1-15,23,28H,16H2,(H2,26,27,29). The van der Waals surface area contributed by atoms with E-state index in [2.05, 4.69) is 15.6 Å². The maximum absolute atomic E-state index is 12.7. The van der Waals surface area contributed by atoms with E-state index in [9.17, 15) is 9.90 Å². The van der Waals surface area contributed by atoms with Crippen molar-refractivity contribution in [2.24, 2.45) is 0 Å². The van der Waals surface area contributed by atoms with Gasteiger partial charge in [-0.25, -0.2) is 4.79 Å². The van der Waals surface area contributed by atoms with Crippen LogP contribution in [0.3, 0.4) is 0 Å². The van der Waals surface area contributed by atoms with E-state index in [0.717, 1.165) is 22.0 Å². The molecule has 3 aromatic carbocycles. The Labute approximate surface area is 169 Å². The van der Waals surface area contributed by atoms with Crippen LogP contribution in [0.1, 0.15) is 22.9 Å². The fraction of sp³-hybridized carbons (Fsp3) is 0.0833. The van der Waals surface area contributed by atoms with Gasteiger partial charge >= 0.3 is 6.03 Å². The van der Waals surface area contributed by atoms with Gasteiger partial charge < -0.3 is 15.7 Å². The van der Waals surface area contributed by atoms with Crippen molar-refractivity contribution in [1.82, 2.24) is 15.6 Å². The average molecular weight is 383 g/mol. The van der Waals surface area contributed by atoms with Gasteiger partial charge in [-0.2, -0.15) is 0 Å². The molecule has 5 heteroatoms. The molecule has 1 aromatic heterocycles. The van der Waals surface area contributed by atoms with Crippen molar-refractivity contribution in [3.05, 3.63) is 108 Å². The normalized spacial score (nSPS) is 11.7. The first-order valence-corrected chi connectivity index (χ1v) is 9.42. The van der Waals surface area contributed by atoms with Gasteiger partial charge in [-0.3, -0.25) is 4.98 Å². The fourth-order valence-corrected chi connectivity index (χ4v) is 3.41. The summed E-state index contributed by atoms with van der Waals surface area (Å²) in [5.74, 6) is 0.141. The number of fused-ring (bicyclic) bond motifs is 1. The van der Waals surface area contributed by atoms with Gasteiger partial charge in [0.2, 0.25) is 0 Å². The number of nitrogens with zero attached hydrogens (tertiary/aromatic N) is 1. The highest BCUT2D eigenvalue weighted by atomic mass is 16.3. The van der Waals surface area contributed by atoms with Crippen molar-refractivity contribution in [1.29, 1.82) is 0 Å². The molecule has 0 saturated carbocycles. The van der Waals surface area contributed by atoms with Crippen molar-refractivity contribution in [2.75, 3.05) is 0 Å². The lowest BCUT2D eigenvalue weighted by molar-refractivity contribution is 0.238. The summed E-state index contributed by atoms with van der Waals surface area (Å²) >= 11 is 0. The van der Waals surface area contributed by atoms with E-state index < -0.39 is 6.04 Å². The molecule has 0 radical (unpaired) electrons. The van der Waals surface area contributed by atoms with Crippen molar-refractivity contribution >= 4 is 16.8 Å². The lowest BCUT2D eigenvalue weighted by Gasteiger charge is -2.23. The number of nitrogens with one attached hydrogen (secondary N) is 2. The lowest BCUT2D eigenvalue weighted by Crippen LogP contribution is -2.38. The summed E-state index contributed by atoms with van der Waals surface area (Å²) in [4.78, 5) is 16.9. The molecule has 5 nitrogen and oxygen atoms in total. The summed E-state index contributed by atoms with van der Waals surface area (Å²) in [7, 11) is 0. The van der Waals surface area contributed by atoms with Gasteiger partial charge in [0.05, 0.1) is 18.3 Å². The third-order valence-corrected chi connectivity index (χ3v) is 4.80. The molecule has 0 saturated heterocycles. The Hall–Kier alpha value is -3.86. The highest BCUT2D eigenvalue weighted by Crippen LogP contribution is 2.35. The Bertz CT molecular complexity index is 1110. The summed E-state index contributed by atoms with van der Waals surface area (Å²) in [5, 5.41) is 18.4. The Morgan fingerprint density at radius 1 is 0.897 bits per heavy atom. The Balaban J connectivity index is 1.67. The summed E-state index contributed by atoms with van der Waals surface area (Å²) in [6.07, 6.45) is 1.69. The van der Waals surface area contributed by atoms with E-state index in [-0.39, 0.29) is 11.8 Å². The summed E-state index contributed by atoms with van der Waals surface area (Å²) in [6.45, 7) is 0.315. The van der Waals surface area contributed by atoms with Crippen LogP contribution < -0.4 is 10.6 Å². The predicted molar refractivity (Wildman–Crippen MR) is 114 cm³/mol. The zero-order valence-electron chi connectivity index (χ0n) is 15.7. The predicted octanol–water partition coefficient (Wildman–Crippen LogP) is 4.53. The first-order valence-electron chi connectivity index (χ1n) is 9.42. The number of pyridine rings is 1. The van der Waals surface area contributed by atoms with Gasteiger partial charge in [-0.1, -0.05) is 66.7 Å². The van der Waals surface area contributed by atoms with Crippen LogP contribution in [0.25, 0.3) is 10.8 Å². The van der Waals surface area contributed by atoms with Crippen LogP contribution in [-0.2, 0) is 6.54 Å². The first kappa shape index (κ1) is 18.5. The van der Waals surface area contributed by atoms with E-state index in [1.807, 2.05) is 78.9 Å². The molecule has 4 rings (SSSR count). The quantitative estimate of drug-likeness (QED) is 0.474. The molecule has 1 heterocycles. The van der Waals surface area contributed by atoms with Gasteiger partial charge in [0.25, 0.3) is 0 Å². The number of amides is 2. The van der Waals surface area contributed by atoms with E-state index >= 15 is 0 Å². The zero-order valence-corrected chi connectivity index (χ0v) is 15.7. The minimum atomic E-state index is -0.508. The van der Waals surface area contributed by atoms with Gasteiger partial charge in [0.15, 0.2) is 0 Å². The summed E-state index contributed by atoms with van der Waals surface area (Å²) in [6, 6.07) is 25.7. The number of aromatic nitrogens is 1. The van der Waals surface area contributed by atoms with Crippen LogP contribution in [-0.4, -0.2) is 16.1 Å². The lowest BCUT2D eigenvalue weighted by atomic mass is 9.93. The van der Waals surface area contributed by atoms with E-state index in [0.29, 0.717) is 12.1 Å². The van der Waals surface area contributed by atoms with Crippen LogP contribution >= 0.6 is 0 Å². The third-order valence-electron chi connectivity index (χ3n) is 4.80. The molecule has 0 aliphatic heterocycles. The van der Waals surface area contributed by atoms with Crippen LogP contribution in [0, 0.1) is 0 Å². The van der Waals surface area contributed by atoms with Gasteiger partial charge in [0, 0.05) is 11.8 Å². The molecule has 144 valence electrons. The third kappa shape index (κ3) is 4.19. The Morgan fingerprint density at radius 3 is 2.45 bits per heavy atom. The van der Waals surface area contributed by atoms with Crippen LogP contribution in [0.5, 0.6) is 5.75 Å². The number of aromatic hydroxyl groups is 1. The second-order valence-corrected chi connectivity index (χ2v) is 6.71. The maximum Gasteiger partial charge on any atom is 0.315 e. The largest absolute Gasteiger partial charge is 0.508 e. The molecule has 0 aliphatic rings. The number of phenolic OH excluding ortho intramolecular Hbond substituents is 1. The number of urea groups is 1. The number of hydrogen-bond donors (Lipinski definition) is 3. The van der Waals surface area contributed by atoms with Gasteiger partial charge in [-0.15, -0.1) is 0 Å². The van der Waals surface area contributed by atoms with Crippen molar-refractivity contribution < 1.29 is 9.90 Å². The van der Waals surface area contributed by atoms with Gasteiger partial charge in [0.1, 0.15) is 5.75 Å². The SMILES string of the molecule is O=C(NCc1ccccn1)NC(c1ccccc1)c1c(O)ccc2ccccc12. The molecular formula is C24H21N3O2. The summed E-state index contributed by atoms with van der Waals surface area (Å²) in [5.41, 5.74) is 2.32. The molecule has 0 fully saturated rings. The molecule has 3 N–H and O–H groups in total. The smallest absolute Gasteiger partial charge is 0.315 e. The minimum absolute atomic E-state index is 0.141. The van der Waals surface area contributed by atoms with Gasteiger partial charge in [-0.05, 0) is 34.5 Å². The highest BCUT2D eigenvalue weighted by Gasteiger charge is 2.22. The number of phenols is 1. The topological polar surface area (TPSA) is 74.2 Å². The zero-order chi connectivity index (χ0) is 20.1. The molecule has 0 aliphatic carbocycles. The van der Waals surface area contributed by atoms with E-state index in [1.165, 1.54) is 0 Å². The molecule has 0 spiro atoms. The van der Waals surface area contributed by atoms with Crippen LogP contribution in [0.2, 0.25) is 0 Å². The molecule has 1 unspecified atom stereocenters. The van der Waals surface area contributed by atoms with Crippen molar-refractivity contribution in [2.45, 2.75) is 12.6 Å². The monoisotopic (exact) mass is 383 g/mol. The van der Waals surface area contributed by atoms with E-state index in [4.69, 9.17) is 0 Å². The molecular weight excluding hydrogens is 362 g/mol. The molecule has 0 bridgehead atoms.